The SMILES string of the molecule is CN(C)C(=O)CNc1c(F)c(F)c(F)c(F)c1F. The van der Waals surface area contributed by atoms with E-state index in [9.17, 15) is 26.7 Å². The van der Waals surface area contributed by atoms with E-state index in [-0.39, 0.29) is 0 Å². The van der Waals surface area contributed by atoms with Crippen LogP contribution in [0, 0.1) is 29.1 Å². The van der Waals surface area contributed by atoms with Crippen LogP contribution in [-0.2, 0) is 4.79 Å². The Hall–Kier alpha value is -1.86. The predicted molar refractivity (Wildman–Crippen MR) is 53.4 cm³/mol. The summed E-state index contributed by atoms with van der Waals surface area (Å²) in [6.07, 6.45) is 0. The molecular weight excluding hydrogens is 259 g/mol. The van der Waals surface area contributed by atoms with E-state index < -0.39 is 47.2 Å². The lowest BCUT2D eigenvalue weighted by Gasteiger charge is -2.13. The van der Waals surface area contributed by atoms with Crippen LogP contribution >= 0.6 is 0 Å². The van der Waals surface area contributed by atoms with Gasteiger partial charge in [0.05, 0.1) is 6.54 Å². The summed E-state index contributed by atoms with van der Waals surface area (Å²) in [7, 11) is 2.76. The number of hydrogen-bond donors (Lipinski definition) is 1. The third kappa shape index (κ3) is 2.52. The van der Waals surface area contributed by atoms with Gasteiger partial charge in [0.15, 0.2) is 23.3 Å². The Balaban J connectivity index is 3.07. The first-order valence-corrected chi connectivity index (χ1v) is 4.72. The van der Waals surface area contributed by atoms with Gasteiger partial charge in [-0.2, -0.15) is 0 Å². The number of rotatable bonds is 3. The number of halogens is 5. The number of amides is 1. The first kappa shape index (κ1) is 14.2. The second kappa shape index (κ2) is 5.19. The number of benzene rings is 1. The number of carbonyl (C=O) groups excluding carboxylic acids is 1. The van der Waals surface area contributed by atoms with Crippen molar-refractivity contribution in [2.75, 3.05) is 26.0 Å². The average Bonchev–Trinajstić information content (AvgIpc) is 2.33. The van der Waals surface area contributed by atoms with E-state index in [1.54, 1.807) is 0 Å². The molecule has 0 saturated heterocycles. The van der Waals surface area contributed by atoms with E-state index in [1.807, 2.05) is 5.32 Å². The molecule has 0 aliphatic heterocycles. The van der Waals surface area contributed by atoms with E-state index >= 15 is 0 Å². The van der Waals surface area contributed by atoms with Gasteiger partial charge in [-0.15, -0.1) is 0 Å². The van der Waals surface area contributed by atoms with Crippen molar-refractivity contribution in [1.29, 1.82) is 0 Å². The fraction of sp³-hybridized carbons (Fsp3) is 0.300. The average molecular weight is 268 g/mol. The first-order valence-electron chi connectivity index (χ1n) is 4.72. The monoisotopic (exact) mass is 268 g/mol. The molecule has 0 heterocycles. The third-order valence-electron chi connectivity index (χ3n) is 2.12. The maximum Gasteiger partial charge on any atom is 0.241 e. The summed E-state index contributed by atoms with van der Waals surface area (Å²) in [6.45, 7) is -0.592. The molecule has 1 aromatic rings. The van der Waals surface area contributed by atoms with Gasteiger partial charge < -0.3 is 10.2 Å². The van der Waals surface area contributed by atoms with Gasteiger partial charge in [-0.1, -0.05) is 0 Å². The molecule has 18 heavy (non-hydrogen) atoms. The topological polar surface area (TPSA) is 32.3 Å². The number of anilines is 1. The van der Waals surface area contributed by atoms with Gasteiger partial charge in [-0.25, -0.2) is 22.0 Å². The fourth-order valence-corrected chi connectivity index (χ4v) is 1.08. The summed E-state index contributed by atoms with van der Waals surface area (Å²) in [4.78, 5) is 12.2. The lowest BCUT2D eigenvalue weighted by molar-refractivity contribution is -0.126. The molecule has 0 bridgehead atoms. The van der Waals surface area contributed by atoms with Gasteiger partial charge in [0.25, 0.3) is 0 Å². The molecule has 8 heteroatoms. The van der Waals surface area contributed by atoms with Crippen LogP contribution < -0.4 is 5.32 Å². The molecule has 0 atom stereocenters. The zero-order valence-corrected chi connectivity index (χ0v) is 9.45. The fourth-order valence-electron chi connectivity index (χ4n) is 1.08. The second-order valence-electron chi connectivity index (χ2n) is 3.59. The van der Waals surface area contributed by atoms with Crippen LogP contribution in [0.1, 0.15) is 0 Å². The highest BCUT2D eigenvalue weighted by molar-refractivity contribution is 5.80. The summed E-state index contributed by atoms with van der Waals surface area (Å²) in [5.41, 5.74) is -1.22. The van der Waals surface area contributed by atoms with Crippen LogP contribution in [0.2, 0.25) is 0 Å². The minimum Gasteiger partial charge on any atom is -0.371 e. The van der Waals surface area contributed by atoms with Crippen LogP contribution in [0.25, 0.3) is 0 Å². The van der Waals surface area contributed by atoms with E-state index in [4.69, 9.17) is 0 Å². The summed E-state index contributed by atoms with van der Waals surface area (Å²) < 4.78 is 64.6. The van der Waals surface area contributed by atoms with E-state index in [0.717, 1.165) is 4.90 Å². The first-order chi connectivity index (χ1) is 8.27. The van der Waals surface area contributed by atoms with Crippen LogP contribution in [0.15, 0.2) is 0 Å². The van der Waals surface area contributed by atoms with Crippen molar-refractivity contribution in [2.45, 2.75) is 0 Å². The zero-order valence-electron chi connectivity index (χ0n) is 9.45. The predicted octanol–water partition coefficient (Wildman–Crippen LogP) is 1.88. The van der Waals surface area contributed by atoms with Gasteiger partial charge in [0, 0.05) is 14.1 Å². The smallest absolute Gasteiger partial charge is 0.241 e. The minimum atomic E-state index is -2.24. The molecular formula is C10H9F5N2O. The summed E-state index contributed by atoms with van der Waals surface area (Å²) in [6, 6.07) is 0. The highest BCUT2D eigenvalue weighted by Gasteiger charge is 2.25. The minimum absolute atomic E-state index is 0.584. The normalized spacial score (nSPS) is 10.4. The van der Waals surface area contributed by atoms with Crippen molar-refractivity contribution in [3.8, 4) is 0 Å². The Labute approximate surface area is 99.2 Å². The lowest BCUT2D eigenvalue weighted by Crippen LogP contribution is -2.29. The van der Waals surface area contributed by atoms with E-state index in [0.29, 0.717) is 0 Å². The van der Waals surface area contributed by atoms with Gasteiger partial charge in [-0.05, 0) is 0 Å². The molecule has 0 saturated carbocycles. The Kier molecular flexibility index (Phi) is 4.10. The van der Waals surface area contributed by atoms with Gasteiger partial charge >= 0.3 is 0 Å². The Morgan fingerprint density at radius 1 is 0.944 bits per heavy atom. The van der Waals surface area contributed by atoms with Crippen LogP contribution in [0.4, 0.5) is 27.6 Å². The number of carbonyl (C=O) groups is 1. The molecule has 0 radical (unpaired) electrons. The lowest BCUT2D eigenvalue weighted by atomic mass is 10.2. The standard InChI is InChI=1S/C10H9F5N2O/c1-17(2)4(18)3-16-10-8(14)6(12)5(11)7(13)9(10)15/h16H,3H2,1-2H3. The Morgan fingerprint density at radius 2 is 1.33 bits per heavy atom. The second-order valence-corrected chi connectivity index (χ2v) is 3.59. The number of nitrogens with zero attached hydrogens (tertiary/aromatic N) is 1. The number of nitrogens with one attached hydrogen (secondary N) is 1. The molecule has 3 nitrogen and oxygen atoms in total. The maximum absolute atomic E-state index is 13.1. The number of likely N-dealkylation sites (N-methyl/N-ethyl adjacent to an activating group) is 1. The molecule has 0 fully saturated rings. The third-order valence-corrected chi connectivity index (χ3v) is 2.12. The van der Waals surface area contributed by atoms with Gasteiger partial charge in [0.2, 0.25) is 11.7 Å². The van der Waals surface area contributed by atoms with Crippen molar-refractivity contribution >= 4 is 11.6 Å². The summed E-state index contributed by atoms with van der Waals surface area (Å²) in [5.74, 6) is -11.0. The Morgan fingerprint density at radius 3 is 1.72 bits per heavy atom. The molecule has 1 amide bonds. The van der Waals surface area contributed by atoms with Crippen LogP contribution in [-0.4, -0.2) is 31.4 Å². The molecule has 100 valence electrons. The van der Waals surface area contributed by atoms with Crippen LogP contribution in [0.3, 0.4) is 0 Å². The van der Waals surface area contributed by atoms with E-state index in [2.05, 4.69) is 0 Å². The quantitative estimate of drug-likeness (QED) is 0.516. The van der Waals surface area contributed by atoms with Gasteiger partial charge in [0.1, 0.15) is 5.69 Å². The highest BCUT2D eigenvalue weighted by Crippen LogP contribution is 2.26. The summed E-state index contributed by atoms with van der Waals surface area (Å²) in [5, 5.41) is 1.88. The van der Waals surface area contributed by atoms with E-state index in [1.165, 1.54) is 14.1 Å². The molecule has 0 aromatic heterocycles. The van der Waals surface area contributed by atoms with Crippen molar-refractivity contribution in [3.63, 3.8) is 0 Å². The van der Waals surface area contributed by atoms with Crippen molar-refractivity contribution in [1.82, 2.24) is 4.90 Å². The van der Waals surface area contributed by atoms with Gasteiger partial charge in [-0.3, -0.25) is 4.79 Å². The Bertz CT molecular complexity index is 461. The molecule has 0 aliphatic rings. The molecule has 1 N–H and O–H groups in total. The van der Waals surface area contributed by atoms with Crippen molar-refractivity contribution in [3.05, 3.63) is 29.1 Å². The maximum atomic E-state index is 13.1. The van der Waals surface area contributed by atoms with Crippen LogP contribution in [0.5, 0.6) is 0 Å². The van der Waals surface area contributed by atoms with Crippen molar-refractivity contribution in [2.24, 2.45) is 0 Å². The van der Waals surface area contributed by atoms with Crippen molar-refractivity contribution < 1.29 is 26.7 Å². The highest BCUT2D eigenvalue weighted by atomic mass is 19.2. The molecule has 1 rings (SSSR count). The molecule has 0 spiro atoms. The largest absolute Gasteiger partial charge is 0.371 e. The molecule has 1 aromatic carbocycles. The summed E-state index contributed by atoms with van der Waals surface area (Å²) >= 11 is 0. The number of hydrogen-bond acceptors (Lipinski definition) is 2. The zero-order chi connectivity index (χ0) is 14.0. The molecule has 0 aliphatic carbocycles. The molecule has 0 unspecified atom stereocenters.